The van der Waals surface area contributed by atoms with Crippen LogP contribution >= 0.6 is 11.3 Å². The molecule has 5 aromatic rings. The summed E-state index contributed by atoms with van der Waals surface area (Å²) < 4.78 is 23.7. The van der Waals surface area contributed by atoms with Gasteiger partial charge in [0.05, 0.1) is 31.5 Å². The number of para-hydroxylation sites is 1. The summed E-state index contributed by atoms with van der Waals surface area (Å²) >= 11 is 1.65. The third kappa shape index (κ3) is 4.53. The number of benzene rings is 4. The van der Waals surface area contributed by atoms with Crippen molar-refractivity contribution in [3.63, 3.8) is 0 Å². The summed E-state index contributed by atoms with van der Waals surface area (Å²) in [4.78, 5) is 19.9. The zero-order valence-electron chi connectivity index (χ0n) is 21.7. The van der Waals surface area contributed by atoms with Crippen molar-refractivity contribution in [3.8, 4) is 33.6 Å². The van der Waals surface area contributed by atoms with Gasteiger partial charge in [0.15, 0.2) is 11.5 Å². The smallest absolute Gasteiger partial charge is 0.271 e. The number of aromatic nitrogens is 1. The molecule has 1 saturated heterocycles. The highest BCUT2D eigenvalue weighted by Gasteiger charge is 2.51. The lowest BCUT2D eigenvalue weighted by atomic mass is 9.89. The SMILES string of the molecule is COc1ccc(N2C(=O)[C@H](Oc3ccc(-c4nc5ccccc5s4)cc3)[C@@H]2c2ccc(OC)c(OC)c2)cc1. The third-order valence-corrected chi connectivity index (χ3v) is 7.89. The summed E-state index contributed by atoms with van der Waals surface area (Å²) in [6, 6.07) is 28.5. The molecule has 0 bridgehead atoms. The van der Waals surface area contributed by atoms with E-state index in [4.69, 9.17) is 23.9 Å². The van der Waals surface area contributed by atoms with Crippen LogP contribution < -0.4 is 23.8 Å². The number of hydrogen-bond acceptors (Lipinski definition) is 7. The number of carbonyl (C=O) groups excluding carboxylic acids is 1. The molecule has 1 fully saturated rings. The first kappa shape index (κ1) is 24.8. The lowest BCUT2D eigenvalue weighted by molar-refractivity contribution is -0.135. The molecule has 196 valence electrons. The Hall–Kier alpha value is -4.56. The van der Waals surface area contributed by atoms with E-state index in [9.17, 15) is 4.79 Å². The number of methoxy groups -OCH3 is 3. The molecule has 39 heavy (non-hydrogen) atoms. The molecule has 2 atom stereocenters. The number of hydrogen-bond donors (Lipinski definition) is 0. The van der Waals surface area contributed by atoms with Gasteiger partial charge >= 0.3 is 0 Å². The second kappa shape index (κ2) is 10.3. The molecule has 1 aromatic heterocycles. The molecule has 6 rings (SSSR count). The molecule has 4 aromatic carbocycles. The minimum atomic E-state index is -0.710. The fraction of sp³-hybridized carbons (Fsp3) is 0.161. The minimum Gasteiger partial charge on any atom is -0.497 e. The number of nitrogens with zero attached hydrogens (tertiary/aromatic N) is 2. The maximum absolute atomic E-state index is 13.5. The second-order valence-corrected chi connectivity index (χ2v) is 10.0. The average molecular weight is 539 g/mol. The van der Waals surface area contributed by atoms with Crippen LogP contribution in [0.4, 0.5) is 5.69 Å². The van der Waals surface area contributed by atoms with Crippen molar-refractivity contribution in [1.82, 2.24) is 4.98 Å². The highest BCUT2D eigenvalue weighted by Crippen LogP contribution is 2.44. The van der Waals surface area contributed by atoms with Gasteiger partial charge in [-0.1, -0.05) is 18.2 Å². The first-order chi connectivity index (χ1) is 19.1. The predicted octanol–water partition coefficient (Wildman–Crippen LogP) is 6.52. The number of anilines is 1. The van der Waals surface area contributed by atoms with E-state index in [1.807, 2.05) is 84.9 Å². The number of thiazole rings is 1. The van der Waals surface area contributed by atoms with E-state index in [1.54, 1.807) is 37.6 Å². The zero-order valence-corrected chi connectivity index (χ0v) is 22.5. The maximum Gasteiger partial charge on any atom is 0.271 e. The Morgan fingerprint density at radius 1 is 0.769 bits per heavy atom. The number of β-lactam (4-membered cyclic amide) rings is 1. The molecular formula is C31H26N2O5S. The van der Waals surface area contributed by atoms with Gasteiger partial charge in [-0.2, -0.15) is 0 Å². The van der Waals surface area contributed by atoms with Crippen molar-refractivity contribution >= 4 is 33.1 Å². The van der Waals surface area contributed by atoms with E-state index in [0.717, 1.165) is 37.8 Å². The van der Waals surface area contributed by atoms with Gasteiger partial charge in [-0.25, -0.2) is 4.98 Å². The molecule has 0 N–H and O–H groups in total. The van der Waals surface area contributed by atoms with E-state index >= 15 is 0 Å². The highest BCUT2D eigenvalue weighted by atomic mass is 32.1. The van der Waals surface area contributed by atoms with E-state index in [1.165, 1.54) is 0 Å². The zero-order chi connectivity index (χ0) is 26.9. The molecule has 0 saturated carbocycles. The Bertz CT molecular complexity index is 1600. The summed E-state index contributed by atoms with van der Waals surface area (Å²) in [5.41, 5.74) is 3.61. The Morgan fingerprint density at radius 3 is 2.18 bits per heavy atom. The van der Waals surface area contributed by atoms with Crippen LogP contribution in [-0.2, 0) is 4.79 Å². The molecule has 8 heteroatoms. The van der Waals surface area contributed by atoms with Crippen molar-refractivity contribution in [3.05, 3.63) is 96.6 Å². The van der Waals surface area contributed by atoms with E-state index in [-0.39, 0.29) is 11.9 Å². The van der Waals surface area contributed by atoms with Gasteiger partial charge in [0.1, 0.15) is 22.5 Å². The number of fused-ring (bicyclic) bond motifs is 1. The second-order valence-electron chi connectivity index (χ2n) is 9.02. The lowest BCUT2D eigenvalue weighted by Gasteiger charge is -2.46. The van der Waals surface area contributed by atoms with Crippen LogP contribution in [0.2, 0.25) is 0 Å². The van der Waals surface area contributed by atoms with Gasteiger partial charge < -0.3 is 18.9 Å². The Kier molecular flexibility index (Phi) is 6.54. The highest BCUT2D eigenvalue weighted by molar-refractivity contribution is 7.21. The topological polar surface area (TPSA) is 70.1 Å². The molecule has 1 amide bonds. The lowest BCUT2D eigenvalue weighted by Crippen LogP contribution is -2.61. The Balaban J connectivity index is 1.30. The van der Waals surface area contributed by atoms with Crippen LogP contribution in [0.15, 0.2) is 91.0 Å². The molecule has 7 nitrogen and oxygen atoms in total. The summed E-state index contributed by atoms with van der Waals surface area (Å²) in [6.07, 6.45) is -0.710. The van der Waals surface area contributed by atoms with Crippen LogP contribution in [0.3, 0.4) is 0 Å². The number of carbonyl (C=O) groups is 1. The third-order valence-electron chi connectivity index (χ3n) is 6.80. The number of rotatable bonds is 8. The van der Waals surface area contributed by atoms with Crippen molar-refractivity contribution < 1.29 is 23.7 Å². The summed E-state index contributed by atoms with van der Waals surface area (Å²) in [5.74, 6) is 2.40. The standard InChI is InChI=1S/C31H26N2O5S/c1-35-22-15-11-21(12-16-22)33-28(20-10-17-25(36-2)26(18-20)37-3)29(31(33)34)38-23-13-8-19(9-14-23)30-32-24-6-4-5-7-27(24)39-30/h4-18,28-29H,1-3H3/t28-,29+/m0/s1. The molecule has 0 spiro atoms. The minimum absolute atomic E-state index is 0.129. The molecule has 1 aliphatic heterocycles. The Labute approximate surface area is 230 Å². The monoisotopic (exact) mass is 538 g/mol. The summed E-state index contributed by atoms with van der Waals surface area (Å²) in [6.45, 7) is 0. The molecule has 1 aliphatic rings. The fourth-order valence-electron chi connectivity index (χ4n) is 4.79. The molecule has 0 radical (unpaired) electrons. The van der Waals surface area contributed by atoms with E-state index in [2.05, 4.69) is 6.07 Å². The van der Waals surface area contributed by atoms with E-state index < -0.39 is 6.10 Å². The van der Waals surface area contributed by atoms with Crippen LogP contribution in [0.25, 0.3) is 20.8 Å². The van der Waals surface area contributed by atoms with Crippen molar-refractivity contribution in [2.24, 2.45) is 0 Å². The quantitative estimate of drug-likeness (QED) is 0.209. The predicted molar refractivity (Wildman–Crippen MR) is 152 cm³/mol. The summed E-state index contributed by atoms with van der Waals surface area (Å²) in [5, 5.41) is 0.941. The maximum atomic E-state index is 13.5. The molecule has 2 heterocycles. The van der Waals surface area contributed by atoms with Gasteiger partial charge in [0.25, 0.3) is 5.91 Å². The van der Waals surface area contributed by atoms with Crippen molar-refractivity contribution in [1.29, 1.82) is 0 Å². The van der Waals surface area contributed by atoms with Gasteiger partial charge in [-0.3, -0.25) is 9.69 Å². The van der Waals surface area contributed by atoms with Crippen molar-refractivity contribution in [2.75, 3.05) is 26.2 Å². The molecular weight excluding hydrogens is 512 g/mol. The van der Waals surface area contributed by atoms with Gasteiger partial charge in [-0.15, -0.1) is 11.3 Å². The average Bonchev–Trinajstić information content (AvgIpc) is 3.43. The summed E-state index contributed by atoms with van der Waals surface area (Å²) in [7, 11) is 4.80. The normalized spacial score (nSPS) is 16.6. The first-order valence-corrected chi connectivity index (χ1v) is 13.2. The molecule has 0 aliphatic carbocycles. The largest absolute Gasteiger partial charge is 0.497 e. The van der Waals surface area contributed by atoms with Crippen molar-refractivity contribution in [2.45, 2.75) is 12.1 Å². The fourth-order valence-corrected chi connectivity index (χ4v) is 5.76. The van der Waals surface area contributed by atoms with E-state index in [0.29, 0.717) is 17.2 Å². The van der Waals surface area contributed by atoms with Crippen LogP contribution in [0.1, 0.15) is 11.6 Å². The molecule has 0 unspecified atom stereocenters. The Morgan fingerprint density at radius 2 is 1.49 bits per heavy atom. The first-order valence-electron chi connectivity index (χ1n) is 12.4. The van der Waals surface area contributed by atoms with Crippen LogP contribution in [0.5, 0.6) is 23.0 Å². The van der Waals surface area contributed by atoms with Gasteiger partial charge in [0.2, 0.25) is 6.10 Å². The van der Waals surface area contributed by atoms with Crippen LogP contribution in [-0.4, -0.2) is 38.3 Å². The van der Waals surface area contributed by atoms with Crippen LogP contribution in [0, 0.1) is 0 Å². The number of amides is 1. The number of ether oxygens (including phenoxy) is 4. The van der Waals surface area contributed by atoms with Gasteiger partial charge in [0, 0.05) is 11.3 Å². The van der Waals surface area contributed by atoms with Gasteiger partial charge in [-0.05, 0) is 78.4 Å².